The Labute approximate surface area is 161 Å². The molecule has 0 amide bonds. The molecule has 3 atom stereocenters. The van der Waals surface area contributed by atoms with Gasteiger partial charge >= 0.3 is 7.82 Å². The predicted molar refractivity (Wildman–Crippen MR) is 105 cm³/mol. The van der Waals surface area contributed by atoms with Crippen LogP contribution in [0.3, 0.4) is 0 Å². The number of aryl methyl sites for hydroxylation is 1. The van der Waals surface area contributed by atoms with E-state index < -0.39 is 13.4 Å². The van der Waals surface area contributed by atoms with E-state index in [2.05, 4.69) is 29.6 Å². The number of hydrogen-bond donors (Lipinski definition) is 3. The highest BCUT2D eigenvalue weighted by Crippen LogP contribution is 2.44. The lowest BCUT2D eigenvalue weighted by Gasteiger charge is -2.27. The molecule has 0 saturated heterocycles. The normalized spacial score (nSPS) is 28.3. The summed E-state index contributed by atoms with van der Waals surface area (Å²) in [5, 5.41) is 0. The van der Waals surface area contributed by atoms with Gasteiger partial charge in [0.25, 0.3) is 0 Å². The molecule has 1 saturated carbocycles. The number of benzene rings is 1. The van der Waals surface area contributed by atoms with Gasteiger partial charge in [-0.3, -0.25) is 4.52 Å². The first-order valence-corrected chi connectivity index (χ1v) is 11.5. The molecule has 152 valence electrons. The van der Waals surface area contributed by atoms with Crippen molar-refractivity contribution in [3.8, 4) is 0 Å². The number of ether oxygens (including phenoxy) is 1. The van der Waals surface area contributed by atoms with Crippen LogP contribution in [0.4, 0.5) is 0 Å². The molecule has 1 unspecified atom stereocenters. The summed E-state index contributed by atoms with van der Waals surface area (Å²) in [6.07, 6.45) is 8.04. The monoisotopic (exact) mass is 397 g/mol. The van der Waals surface area contributed by atoms with E-state index in [0.29, 0.717) is 24.9 Å². The van der Waals surface area contributed by atoms with E-state index >= 15 is 0 Å². The molecule has 7 heteroatoms. The van der Waals surface area contributed by atoms with Crippen LogP contribution in [0.2, 0.25) is 0 Å². The molecule has 0 heterocycles. The summed E-state index contributed by atoms with van der Waals surface area (Å²) >= 11 is 0. The lowest BCUT2D eigenvalue weighted by molar-refractivity contribution is 0.0424. The molecule has 0 aliphatic heterocycles. The highest BCUT2D eigenvalue weighted by molar-refractivity contribution is 7.46. The van der Waals surface area contributed by atoms with Crippen molar-refractivity contribution < 1.29 is 23.6 Å². The molecule has 1 aromatic carbocycles. The van der Waals surface area contributed by atoms with Gasteiger partial charge in [-0.05, 0) is 67.6 Å². The number of phosphoric ester groups is 1. The zero-order chi connectivity index (χ0) is 19.5. The Morgan fingerprint density at radius 2 is 2.11 bits per heavy atom. The fourth-order valence-electron chi connectivity index (χ4n) is 4.32. The fourth-order valence-corrected chi connectivity index (χ4v) is 4.74. The van der Waals surface area contributed by atoms with Crippen LogP contribution in [0.1, 0.15) is 68.1 Å². The Hall–Kier alpha value is -0.750. The molecule has 4 N–H and O–H groups in total. The molecule has 0 aromatic heterocycles. The fraction of sp³-hybridized carbons (Fsp3) is 0.700. The van der Waals surface area contributed by atoms with Gasteiger partial charge in [-0.15, -0.1) is 0 Å². The van der Waals surface area contributed by atoms with Crippen LogP contribution in [0.5, 0.6) is 0 Å². The van der Waals surface area contributed by atoms with Gasteiger partial charge in [0.15, 0.2) is 0 Å². The molecule has 1 aromatic rings. The SMILES string of the molecule is CCCCOC1CCc2cc([C@H]3CC[C@](N)(COP(=O)(O)O)C3)ccc2C1. The number of phosphoric acid groups is 1. The molecule has 6 nitrogen and oxygen atoms in total. The molecular formula is C20H32NO5P. The Morgan fingerprint density at radius 3 is 2.85 bits per heavy atom. The molecule has 2 aliphatic rings. The number of unbranched alkanes of at least 4 members (excludes halogenated alkanes) is 1. The lowest BCUT2D eigenvalue weighted by Crippen LogP contribution is -2.41. The van der Waals surface area contributed by atoms with Crippen LogP contribution in [0, 0.1) is 0 Å². The van der Waals surface area contributed by atoms with E-state index in [4.69, 9.17) is 20.3 Å². The summed E-state index contributed by atoms with van der Waals surface area (Å²) in [6, 6.07) is 6.72. The topological polar surface area (TPSA) is 102 Å². The van der Waals surface area contributed by atoms with Gasteiger partial charge in [0.1, 0.15) is 0 Å². The minimum absolute atomic E-state index is 0.102. The van der Waals surface area contributed by atoms with Crippen molar-refractivity contribution in [3.05, 3.63) is 34.9 Å². The van der Waals surface area contributed by atoms with E-state index in [1.165, 1.54) is 16.7 Å². The van der Waals surface area contributed by atoms with E-state index in [9.17, 15) is 4.57 Å². The smallest absolute Gasteiger partial charge is 0.378 e. The van der Waals surface area contributed by atoms with Gasteiger partial charge in [-0.1, -0.05) is 31.5 Å². The molecule has 0 spiro atoms. The van der Waals surface area contributed by atoms with Crippen molar-refractivity contribution in [1.82, 2.24) is 0 Å². The first-order chi connectivity index (χ1) is 12.8. The third-order valence-corrected chi connectivity index (χ3v) is 6.37. The van der Waals surface area contributed by atoms with Crippen molar-refractivity contribution >= 4 is 7.82 Å². The van der Waals surface area contributed by atoms with E-state index in [0.717, 1.165) is 45.1 Å². The van der Waals surface area contributed by atoms with Crippen LogP contribution in [0.15, 0.2) is 18.2 Å². The Morgan fingerprint density at radius 1 is 1.30 bits per heavy atom. The minimum atomic E-state index is -4.48. The van der Waals surface area contributed by atoms with Gasteiger partial charge in [-0.2, -0.15) is 0 Å². The Bertz CT molecular complexity index is 691. The summed E-state index contributed by atoms with van der Waals surface area (Å²) in [5.74, 6) is 0.319. The second-order valence-electron chi connectivity index (χ2n) is 8.18. The van der Waals surface area contributed by atoms with Crippen molar-refractivity contribution in [1.29, 1.82) is 0 Å². The maximum absolute atomic E-state index is 11.0. The van der Waals surface area contributed by atoms with Crippen LogP contribution < -0.4 is 5.73 Å². The van der Waals surface area contributed by atoms with E-state index in [1.54, 1.807) is 0 Å². The van der Waals surface area contributed by atoms with Crippen LogP contribution in [-0.2, 0) is 26.7 Å². The van der Waals surface area contributed by atoms with E-state index in [1.807, 2.05) is 0 Å². The molecule has 0 radical (unpaired) electrons. The van der Waals surface area contributed by atoms with Gasteiger partial charge in [0, 0.05) is 12.1 Å². The lowest BCUT2D eigenvalue weighted by atomic mass is 9.85. The van der Waals surface area contributed by atoms with Crippen LogP contribution >= 0.6 is 7.82 Å². The Balaban J connectivity index is 1.59. The van der Waals surface area contributed by atoms with Gasteiger partial charge in [0.05, 0.1) is 12.7 Å². The van der Waals surface area contributed by atoms with Crippen molar-refractivity contribution in [2.24, 2.45) is 5.73 Å². The van der Waals surface area contributed by atoms with Crippen molar-refractivity contribution in [3.63, 3.8) is 0 Å². The quantitative estimate of drug-likeness (QED) is 0.459. The van der Waals surface area contributed by atoms with Crippen molar-refractivity contribution in [2.45, 2.75) is 75.9 Å². The van der Waals surface area contributed by atoms with E-state index in [-0.39, 0.29) is 6.61 Å². The maximum atomic E-state index is 11.0. The van der Waals surface area contributed by atoms with Gasteiger partial charge in [-0.25, -0.2) is 4.57 Å². The summed E-state index contributed by atoms with van der Waals surface area (Å²) in [5.41, 5.74) is 9.73. The zero-order valence-electron chi connectivity index (χ0n) is 16.1. The second-order valence-corrected chi connectivity index (χ2v) is 9.42. The summed E-state index contributed by atoms with van der Waals surface area (Å²) in [7, 11) is -4.48. The molecule has 0 bridgehead atoms. The van der Waals surface area contributed by atoms with Gasteiger partial charge in [0.2, 0.25) is 0 Å². The Kier molecular flexibility index (Phi) is 6.78. The van der Waals surface area contributed by atoms with Crippen LogP contribution in [0.25, 0.3) is 0 Å². The number of fused-ring (bicyclic) bond motifs is 1. The predicted octanol–water partition coefficient (Wildman–Crippen LogP) is 3.43. The minimum Gasteiger partial charge on any atom is -0.378 e. The van der Waals surface area contributed by atoms with Crippen LogP contribution in [-0.4, -0.2) is 34.6 Å². The highest BCUT2D eigenvalue weighted by Gasteiger charge is 2.38. The molecular weight excluding hydrogens is 365 g/mol. The number of hydrogen-bond acceptors (Lipinski definition) is 4. The average Bonchev–Trinajstić information content (AvgIpc) is 3.02. The second kappa shape index (κ2) is 8.73. The highest BCUT2D eigenvalue weighted by atomic mass is 31.2. The number of nitrogens with two attached hydrogens (primary N) is 1. The standard InChI is InChI=1S/C20H32NO5P/c1-2-3-10-25-19-7-6-15-11-16(4-5-17(15)12-19)18-8-9-20(21,13-18)14-26-27(22,23)24/h4-5,11,18-19H,2-3,6-10,12-14,21H2,1H3,(H2,22,23,24)/t18-,19?,20+/m0/s1. The third-order valence-electron chi connectivity index (χ3n) is 5.90. The maximum Gasteiger partial charge on any atom is 0.469 e. The molecule has 27 heavy (non-hydrogen) atoms. The first kappa shape index (κ1) is 21.0. The zero-order valence-corrected chi connectivity index (χ0v) is 17.0. The summed E-state index contributed by atoms with van der Waals surface area (Å²) < 4.78 is 21.6. The molecule has 2 aliphatic carbocycles. The molecule has 3 rings (SSSR count). The van der Waals surface area contributed by atoms with Crippen molar-refractivity contribution in [2.75, 3.05) is 13.2 Å². The summed E-state index contributed by atoms with van der Waals surface area (Å²) in [6.45, 7) is 2.93. The molecule has 1 fully saturated rings. The summed E-state index contributed by atoms with van der Waals surface area (Å²) in [4.78, 5) is 17.8. The third kappa shape index (κ3) is 5.86. The first-order valence-electron chi connectivity index (χ1n) is 10.0. The van der Waals surface area contributed by atoms with Gasteiger partial charge < -0.3 is 20.3 Å². The largest absolute Gasteiger partial charge is 0.469 e. The average molecular weight is 397 g/mol. The number of rotatable bonds is 8.